The van der Waals surface area contributed by atoms with Crippen molar-refractivity contribution in [2.45, 2.75) is 26.9 Å². The van der Waals surface area contributed by atoms with E-state index < -0.39 is 0 Å². The largest absolute Gasteiger partial charge is 0.378 e. The second-order valence-electron chi connectivity index (χ2n) is 4.71. The molecule has 102 valence electrons. The van der Waals surface area contributed by atoms with E-state index in [2.05, 4.69) is 20.6 Å². The molecule has 0 unspecified atom stereocenters. The van der Waals surface area contributed by atoms with E-state index in [-0.39, 0.29) is 10.6 Å². The first kappa shape index (κ1) is 13.6. The summed E-state index contributed by atoms with van der Waals surface area (Å²) in [6.07, 6.45) is 5.05. The predicted octanol–water partition coefficient (Wildman–Crippen LogP) is 1.89. The van der Waals surface area contributed by atoms with Crippen molar-refractivity contribution in [3.8, 4) is 0 Å². The van der Waals surface area contributed by atoms with Gasteiger partial charge >= 0.3 is 0 Å². The molecule has 0 fully saturated rings. The summed E-state index contributed by atoms with van der Waals surface area (Å²) >= 11 is 6.06. The van der Waals surface area contributed by atoms with Gasteiger partial charge in [-0.2, -0.15) is 10.2 Å². The molecule has 0 aliphatic carbocycles. The molecule has 0 aliphatic heterocycles. The lowest BCUT2D eigenvalue weighted by Gasteiger charge is -2.11. The minimum absolute atomic E-state index is 0.166. The number of aromatic amines is 1. The first-order valence-electron chi connectivity index (χ1n) is 6.05. The lowest BCUT2D eigenvalue weighted by molar-refractivity contribution is 0.464. The van der Waals surface area contributed by atoms with E-state index in [9.17, 15) is 4.79 Å². The van der Waals surface area contributed by atoms with Gasteiger partial charge in [0.15, 0.2) is 0 Å². The molecule has 0 saturated carbocycles. The van der Waals surface area contributed by atoms with Crippen molar-refractivity contribution >= 4 is 17.3 Å². The second kappa shape index (κ2) is 5.88. The van der Waals surface area contributed by atoms with Crippen LogP contribution in [0.3, 0.4) is 0 Å². The highest BCUT2D eigenvalue weighted by molar-refractivity contribution is 6.32. The molecule has 0 spiro atoms. The topological polar surface area (TPSA) is 75.6 Å². The molecular weight excluding hydrogens is 266 g/mol. The summed E-state index contributed by atoms with van der Waals surface area (Å²) in [6.45, 7) is 5.13. The fraction of sp³-hybridized carbons (Fsp3) is 0.417. The molecule has 0 amide bonds. The number of rotatable bonds is 5. The van der Waals surface area contributed by atoms with Gasteiger partial charge in [-0.1, -0.05) is 25.4 Å². The Morgan fingerprint density at radius 1 is 1.47 bits per heavy atom. The third kappa shape index (κ3) is 3.35. The number of halogens is 1. The van der Waals surface area contributed by atoms with Crippen LogP contribution in [0.1, 0.15) is 19.4 Å². The van der Waals surface area contributed by atoms with E-state index in [1.54, 1.807) is 18.6 Å². The summed E-state index contributed by atoms with van der Waals surface area (Å²) in [6, 6.07) is 0. The Morgan fingerprint density at radius 2 is 2.26 bits per heavy atom. The molecule has 19 heavy (non-hydrogen) atoms. The number of hydrogen-bond donors (Lipinski definition) is 2. The van der Waals surface area contributed by atoms with Crippen LogP contribution in [0.2, 0.25) is 5.02 Å². The van der Waals surface area contributed by atoms with E-state index in [4.69, 9.17) is 11.6 Å². The molecule has 0 atom stereocenters. The minimum Gasteiger partial charge on any atom is -0.378 e. The SMILES string of the molecule is CC(C)Cn1ncc(NCc2cn[nH]c2)c(Cl)c1=O. The first-order chi connectivity index (χ1) is 9.08. The number of aromatic nitrogens is 4. The van der Waals surface area contributed by atoms with Gasteiger partial charge in [-0.25, -0.2) is 4.68 Å². The molecule has 0 aliphatic rings. The van der Waals surface area contributed by atoms with Gasteiger partial charge in [0.25, 0.3) is 5.56 Å². The molecule has 2 aromatic heterocycles. The van der Waals surface area contributed by atoms with Crippen molar-refractivity contribution in [3.63, 3.8) is 0 Å². The highest BCUT2D eigenvalue weighted by Gasteiger charge is 2.10. The van der Waals surface area contributed by atoms with Crippen molar-refractivity contribution in [1.82, 2.24) is 20.0 Å². The number of hydrogen-bond acceptors (Lipinski definition) is 4. The van der Waals surface area contributed by atoms with Crippen LogP contribution in [0.25, 0.3) is 0 Å². The summed E-state index contributed by atoms with van der Waals surface area (Å²) in [7, 11) is 0. The molecule has 7 heteroatoms. The number of nitrogens with one attached hydrogen (secondary N) is 2. The summed E-state index contributed by atoms with van der Waals surface area (Å²) < 4.78 is 1.38. The molecular formula is C12H16ClN5O. The molecule has 2 rings (SSSR count). The van der Waals surface area contributed by atoms with Crippen molar-refractivity contribution in [2.24, 2.45) is 5.92 Å². The van der Waals surface area contributed by atoms with Gasteiger partial charge in [0, 0.05) is 24.8 Å². The zero-order valence-electron chi connectivity index (χ0n) is 10.9. The smallest absolute Gasteiger partial charge is 0.287 e. The Kier molecular flexibility index (Phi) is 4.21. The van der Waals surface area contributed by atoms with Gasteiger partial charge in [-0.3, -0.25) is 9.89 Å². The molecule has 0 radical (unpaired) electrons. The highest BCUT2D eigenvalue weighted by atomic mass is 35.5. The van der Waals surface area contributed by atoms with E-state index in [0.717, 1.165) is 5.56 Å². The Morgan fingerprint density at radius 3 is 2.89 bits per heavy atom. The van der Waals surface area contributed by atoms with Gasteiger partial charge in [-0.05, 0) is 5.92 Å². The highest BCUT2D eigenvalue weighted by Crippen LogP contribution is 2.16. The summed E-state index contributed by atoms with van der Waals surface area (Å²) in [5.41, 5.74) is 1.24. The lowest BCUT2D eigenvalue weighted by atomic mass is 10.2. The molecule has 0 aromatic carbocycles. The molecule has 0 saturated heterocycles. The van der Waals surface area contributed by atoms with Gasteiger partial charge in [0.2, 0.25) is 0 Å². The van der Waals surface area contributed by atoms with Crippen LogP contribution in [0.4, 0.5) is 5.69 Å². The van der Waals surface area contributed by atoms with Crippen molar-refractivity contribution in [2.75, 3.05) is 5.32 Å². The average Bonchev–Trinajstić information content (AvgIpc) is 2.87. The molecule has 2 N–H and O–H groups in total. The van der Waals surface area contributed by atoms with Gasteiger partial charge in [0.1, 0.15) is 5.02 Å². The van der Waals surface area contributed by atoms with E-state index >= 15 is 0 Å². The summed E-state index contributed by atoms with van der Waals surface area (Å²) in [5, 5.41) is 13.9. The normalized spacial score (nSPS) is 10.9. The van der Waals surface area contributed by atoms with Crippen molar-refractivity contribution < 1.29 is 0 Å². The minimum atomic E-state index is -0.271. The van der Waals surface area contributed by atoms with Crippen LogP contribution in [-0.4, -0.2) is 20.0 Å². The third-order valence-corrected chi connectivity index (χ3v) is 2.93. The standard InChI is InChI=1S/C12H16ClN5O/c1-8(2)7-18-12(19)11(13)10(6-17-18)14-3-9-4-15-16-5-9/h4-6,8,14H,3,7H2,1-2H3,(H,15,16). The van der Waals surface area contributed by atoms with Crippen LogP contribution in [0.5, 0.6) is 0 Å². The summed E-state index contributed by atoms with van der Waals surface area (Å²) in [4.78, 5) is 12.0. The van der Waals surface area contributed by atoms with Gasteiger partial charge in [0.05, 0.1) is 18.1 Å². The summed E-state index contributed by atoms with van der Waals surface area (Å²) in [5.74, 6) is 0.339. The van der Waals surface area contributed by atoms with E-state index in [0.29, 0.717) is 24.7 Å². The maximum Gasteiger partial charge on any atom is 0.287 e. The first-order valence-corrected chi connectivity index (χ1v) is 6.43. The maximum absolute atomic E-state index is 12.0. The Balaban J connectivity index is 2.14. The number of anilines is 1. The quantitative estimate of drug-likeness (QED) is 0.877. The Bertz CT molecular complexity index is 591. The van der Waals surface area contributed by atoms with Crippen LogP contribution < -0.4 is 10.9 Å². The van der Waals surface area contributed by atoms with E-state index in [1.165, 1.54) is 4.68 Å². The second-order valence-corrected chi connectivity index (χ2v) is 5.09. The monoisotopic (exact) mass is 281 g/mol. The maximum atomic E-state index is 12.0. The van der Waals surface area contributed by atoms with Gasteiger partial charge in [-0.15, -0.1) is 0 Å². The van der Waals surface area contributed by atoms with Crippen LogP contribution in [-0.2, 0) is 13.1 Å². The number of H-pyrrole nitrogens is 1. The Labute approximate surface area is 115 Å². The van der Waals surface area contributed by atoms with E-state index in [1.807, 2.05) is 13.8 Å². The Hall–Kier alpha value is -1.82. The van der Waals surface area contributed by atoms with Gasteiger partial charge < -0.3 is 5.32 Å². The zero-order chi connectivity index (χ0) is 13.8. The zero-order valence-corrected chi connectivity index (χ0v) is 11.6. The fourth-order valence-electron chi connectivity index (χ4n) is 1.64. The molecule has 2 aromatic rings. The fourth-order valence-corrected chi connectivity index (χ4v) is 1.85. The van der Waals surface area contributed by atoms with Crippen molar-refractivity contribution in [1.29, 1.82) is 0 Å². The third-order valence-electron chi connectivity index (χ3n) is 2.56. The predicted molar refractivity (Wildman–Crippen MR) is 74.3 cm³/mol. The number of nitrogens with zero attached hydrogens (tertiary/aromatic N) is 3. The van der Waals surface area contributed by atoms with Crippen LogP contribution >= 0.6 is 11.6 Å². The average molecular weight is 282 g/mol. The lowest BCUT2D eigenvalue weighted by Crippen LogP contribution is -2.26. The molecule has 2 heterocycles. The van der Waals surface area contributed by atoms with Crippen LogP contribution in [0.15, 0.2) is 23.4 Å². The van der Waals surface area contributed by atoms with Crippen LogP contribution in [0, 0.1) is 5.92 Å². The van der Waals surface area contributed by atoms with Crippen molar-refractivity contribution in [3.05, 3.63) is 39.5 Å². The molecule has 0 bridgehead atoms. The molecule has 6 nitrogen and oxygen atoms in total.